The highest BCUT2D eigenvalue weighted by molar-refractivity contribution is 9.13. The van der Waals surface area contributed by atoms with Crippen molar-refractivity contribution in [2.75, 3.05) is 0 Å². The number of halogens is 2. The van der Waals surface area contributed by atoms with Gasteiger partial charge in [0.2, 0.25) is 0 Å². The van der Waals surface area contributed by atoms with Gasteiger partial charge in [0.25, 0.3) is 0 Å². The lowest BCUT2D eigenvalue weighted by atomic mass is 10.2. The molecule has 0 aliphatic heterocycles. The second kappa shape index (κ2) is 4.39. The van der Waals surface area contributed by atoms with Crippen LogP contribution in [0.25, 0.3) is 11.4 Å². The van der Waals surface area contributed by atoms with E-state index in [0.29, 0.717) is 5.82 Å². The van der Waals surface area contributed by atoms with Crippen LogP contribution in [0.1, 0.15) is 10.5 Å². The van der Waals surface area contributed by atoms with Crippen LogP contribution in [-0.4, -0.2) is 21.0 Å². The molecule has 6 heteroatoms. The Balaban J connectivity index is 2.42. The Morgan fingerprint density at radius 3 is 2.62 bits per heavy atom. The minimum Gasteiger partial charge on any atom is -0.477 e. The van der Waals surface area contributed by atoms with Gasteiger partial charge in [-0.1, -0.05) is 6.07 Å². The van der Waals surface area contributed by atoms with E-state index >= 15 is 0 Å². The van der Waals surface area contributed by atoms with Crippen LogP contribution in [0.2, 0.25) is 0 Å². The fourth-order valence-corrected chi connectivity index (χ4v) is 1.85. The Hall–Kier alpha value is -1.14. The first kappa shape index (κ1) is 11.3. The number of aromatic amines is 1. The molecule has 82 valence electrons. The highest BCUT2D eigenvalue weighted by Gasteiger charge is 2.09. The topological polar surface area (TPSA) is 66.0 Å². The fourth-order valence-electron chi connectivity index (χ4n) is 1.22. The van der Waals surface area contributed by atoms with Gasteiger partial charge in [0, 0.05) is 14.5 Å². The molecule has 0 bridgehead atoms. The zero-order valence-corrected chi connectivity index (χ0v) is 11.0. The zero-order chi connectivity index (χ0) is 11.7. The van der Waals surface area contributed by atoms with Gasteiger partial charge in [0.15, 0.2) is 0 Å². The van der Waals surface area contributed by atoms with E-state index in [-0.39, 0.29) is 5.69 Å². The van der Waals surface area contributed by atoms with Gasteiger partial charge in [-0.25, -0.2) is 9.78 Å². The summed E-state index contributed by atoms with van der Waals surface area (Å²) in [5, 5.41) is 8.76. The quantitative estimate of drug-likeness (QED) is 0.877. The molecular formula is C10H6Br2N2O2. The normalized spacial score (nSPS) is 10.4. The maximum Gasteiger partial charge on any atom is 0.353 e. The molecule has 0 spiro atoms. The molecule has 0 unspecified atom stereocenters. The van der Waals surface area contributed by atoms with Crippen molar-refractivity contribution in [2.45, 2.75) is 0 Å². The average molecular weight is 346 g/mol. The van der Waals surface area contributed by atoms with Gasteiger partial charge in [0.1, 0.15) is 11.5 Å². The summed E-state index contributed by atoms with van der Waals surface area (Å²) < 4.78 is 1.82. The second-order valence-corrected chi connectivity index (χ2v) is 4.79. The summed E-state index contributed by atoms with van der Waals surface area (Å²) in [5.41, 5.74) is 0.900. The number of carbonyl (C=O) groups is 1. The van der Waals surface area contributed by atoms with Gasteiger partial charge in [-0.15, -0.1) is 0 Å². The lowest BCUT2D eigenvalue weighted by Gasteiger charge is -1.99. The van der Waals surface area contributed by atoms with Crippen molar-refractivity contribution in [1.29, 1.82) is 0 Å². The molecule has 0 fully saturated rings. The number of carboxylic acids is 1. The Labute approximate surface area is 108 Å². The van der Waals surface area contributed by atoms with Crippen LogP contribution in [0.15, 0.2) is 33.3 Å². The third kappa shape index (κ3) is 2.17. The minimum absolute atomic E-state index is 0.0778. The molecule has 0 aliphatic rings. The van der Waals surface area contributed by atoms with Gasteiger partial charge in [0.05, 0.1) is 6.20 Å². The van der Waals surface area contributed by atoms with Crippen LogP contribution in [0.5, 0.6) is 0 Å². The van der Waals surface area contributed by atoms with Gasteiger partial charge < -0.3 is 10.1 Å². The minimum atomic E-state index is -1.02. The van der Waals surface area contributed by atoms with Crippen LogP contribution in [0.4, 0.5) is 0 Å². The van der Waals surface area contributed by atoms with Crippen molar-refractivity contribution in [3.63, 3.8) is 0 Å². The number of rotatable bonds is 2. The summed E-state index contributed by atoms with van der Waals surface area (Å²) in [5.74, 6) is -0.486. The summed E-state index contributed by atoms with van der Waals surface area (Å²) in [6.07, 6.45) is 1.30. The smallest absolute Gasteiger partial charge is 0.353 e. The number of nitrogens with zero attached hydrogens (tertiary/aromatic N) is 1. The van der Waals surface area contributed by atoms with E-state index in [2.05, 4.69) is 41.8 Å². The predicted octanol–water partition coefficient (Wildman–Crippen LogP) is 3.30. The van der Waals surface area contributed by atoms with Crippen molar-refractivity contribution in [3.05, 3.63) is 39.0 Å². The number of aromatic carboxylic acids is 1. The molecule has 0 amide bonds. The van der Waals surface area contributed by atoms with E-state index in [4.69, 9.17) is 5.11 Å². The predicted molar refractivity (Wildman–Crippen MR) is 66.4 cm³/mol. The van der Waals surface area contributed by atoms with Crippen molar-refractivity contribution in [1.82, 2.24) is 9.97 Å². The molecule has 0 saturated heterocycles. The van der Waals surface area contributed by atoms with E-state index < -0.39 is 5.97 Å². The highest BCUT2D eigenvalue weighted by atomic mass is 79.9. The number of hydrogen-bond acceptors (Lipinski definition) is 2. The van der Waals surface area contributed by atoms with Gasteiger partial charge in [-0.2, -0.15) is 0 Å². The van der Waals surface area contributed by atoms with E-state index in [1.165, 1.54) is 6.20 Å². The maximum atomic E-state index is 10.7. The number of aromatic nitrogens is 2. The maximum absolute atomic E-state index is 10.7. The van der Waals surface area contributed by atoms with E-state index in [1.54, 1.807) is 0 Å². The van der Waals surface area contributed by atoms with Gasteiger partial charge in [-0.05, 0) is 44.0 Å². The monoisotopic (exact) mass is 344 g/mol. The van der Waals surface area contributed by atoms with Crippen LogP contribution in [0, 0.1) is 0 Å². The summed E-state index contributed by atoms with van der Waals surface area (Å²) >= 11 is 6.73. The summed E-state index contributed by atoms with van der Waals surface area (Å²) in [6, 6.07) is 5.57. The molecule has 0 aliphatic carbocycles. The van der Waals surface area contributed by atoms with E-state index in [0.717, 1.165) is 14.5 Å². The summed E-state index contributed by atoms with van der Waals surface area (Å²) in [4.78, 5) is 17.4. The van der Waals surface area contributed by atoms with Crippen LogP contribution >= 0.6 is 31.9 Å². The zero-order valence-electron chi connectivity index (χ0n) is 7.87. The number of carboxylic acid groups (broad SMARTS) is 1. The van der Waals surface area contributed by atoms with Crippen LogP contribution in [0.3, 0.4) is 0 Å². The van der Waals surface area contributed by atoms with Gasteiger partial charge >= 0.3 is 5.97 Å². The van der Waals surface area contributed by atoms with Crippen molar-refractivity contribution < 1.29 is 9.90 Å². The molecule has 1 heterocycles. The lowest BCUT2D eigenvalue weighted by Crippen LogP contribution is -1.95. The molecule has 1 aromatic heterocycles. The standard InChI is InChI=1S/C10H6Br2N2O2/c11-6-2-1-5(3-7(6)12)9-13-4-8(14-9)10(15)16/h1-4H,(H,13,14)(H,15,16). The average Bonchev–Trinajstić information content (AvgIpc) is 2.71. The first-order valence-electron chi connectivity index (χ1n) is 4.31. The second-order valence-electron chi connectivity index (χ2n) is 3.08. The number of benzene rings is 1. The SMILES string of the molecule is O=C(O)c1cnc(-c2ccc(Br)c(Br)c2)[nH]1. The molecule has 2 aromatic rings. The molecule has 0 saturated carbocycles. The van der Waals surface area contributed by atoms with Crippen molar-refractivity contribution in [3.8, 4) is 11.4 Å². The molecule has 2 rings (SSSR count). The first-order chi connectivity index (χ1) is 7.58. The Morgan fingerprint density at radius 2 is 2.06 bits per heavy atom. The number of imidazole rings is 1. The summed E-state index contributed by atoms with van der Waals surface area (Å²) in [7, 11) is 0. The van der Waals surface area contributed by atoms with Crippen LogP contribution < -0.4 is 0 Å². The van der Waals surface area contributed by atoms with Crippen LogP contribution in [-0.2, 0) is 0 Å². The Kier molecular flexibility index (Phi) is 3.11. The molecule has 1 aromatic carbocycles. The molecule has 0 atom stereocenters. The number of H-pyrrole nitrogens is 1. The van der Waals surface area contributed by atoms with E-state index in [1.807, 2.05) is 18.2 Å². The van der Waals surface area contributed by atoms with Crippen molar-refractivity contribution in [2.24, 2.45) is 0 Å². The summed E-state index contributed by atoms with van der Waals surface area (Å²) in [6.45, 7) is 0. The lowest BCUT2D eigenvalue weighted by molar-refractivity contribution is 0.0691. The number of nitrogens with one attached hydrogen (secondary N) is 1. The molecule has 2 N–H and O–H groups in total. The number of hydrogen-bond donors (Lipinski definition) is 2. The van der Waals surface area contributed by atoms with E-state index in [9.17, 15) is 4.79 Å². The van der Waals surface area contributed by atoms with Gasteiger partial charge in [-0.3, -0.25) is 0 Å². The molecular weight excluding hydrogens is 340 g/mol. The third-order valence-electron chi connectivity index (χ3n) is 2.00. The molecule has 16 heavy (non-hydrogen) atoms. The third-order valence-corrected chi connectivity index (χ3v) is 3.88. The van der Waals surface area contributed by atoms with Crippen molar-refractivity contribution >= 4 is 37.8 Å². The molecule has 0 radical (unpaired) electrons. The molecule has 4 nitrogen and oxygen atoms in total. The first-order valence-corrected chi connectivity index (χ1v) is 5.90. The Morgan fingerprint density at radius 1 is 1.31 bits per heavy atom. The fraction of sp³-hybridized carbons (Fsp3) is 0. The largest absolute Gasteiger partial charge is 0.477 e. The highest BCUT2D eigenvalue weighted by Crippen LogP contribution is 2.27. The Bertz CT molecular complexity index is 552.